The largest absolute Gasteiger partial charge is 0.497 e. The van der Waals surface area contributed by atoms with Crippen molar-refractivity contribution in [2.24, 2.45) is 0 Å². The number of benzene rings is 2. The standard InChI is InChI=1S/C28H34N6O2/c1-18-14-19(2)23-16-24(28(35)29-25(23)15-18)26(33(3)21-8-6-5-7-9-21)27-30-31-32-34(27)17-20-10-12-22(36-4)13-11-20/h10-16,21,26H,5-9,17H2,1-4H3,(H,29,35). The van der Waals surface area contributed by atoms with Gasteiger partial charge in [0.25, 0.3) is 5.56 Å². The topological polar surface area (TPSA) is 88.9 Å². The van der Waals surface area contributed by atoms with Crippen LogP contribution in [0.2, 0.25) is 0 Å². The van der Waals surface area contributed by atoms with Gasteiger partial charge in [0.05, 0.1) is 13.7 Å². The van der Waals surface area contributed by atoms with Gasteiger partial charge in [-0.1, -0.05) is 37.5 Å². The highest BCUT2D eigenvalue weighted by Crippen LogP contribution is 2.33. The molecule has 2 aromatic carbocycles. The summed E-state index contributed by atoms with van der Waals surface area (Å²) in [5.41, 5.74) is 4.76. The maximum atomic E-state index is 13.5. The van der Waals surface area contributed by atoms with Crippen molar-refractivity contribution in [2.75, 3.05) is 14.2 Å². The van der Waals surface area contributed by atoms with Crippen molar-refractivity contribution >= 4 is 10.9 Å². The van der Waals surface area contributed by atoms with E-state index in [0.29, 0.717) is 24.0 Å². The maximum Gasteiger partial charge on any atom is 0.253 e. The molecule has 2 aromatic heterocycles. The van der Waals surface area contributed by atoms with Crippen LogP contribution < -0.4 is 10.3 Å². The number of methoxy groups -OCH3 is 1. The predicted molar refractivity (Wildman–Crippen MR) is 140 cm³/mol. The Kier molecular flexibility index (Phi) is 6.87. The van der Waals surface area contributed by atoms with Gasteiger partial charge >= 0.3 is 0 Å². The molecule has 188 valence electrons. The van der Waals surface area contributed by atoms with Gasteiger partial charge < -0.3 is 9.72 Å². The average molecular weight is 487 g/mol. The molecular weight excluding hydrogens is 452 g/mol. The highest BCUT2D eigenvalue weighted by atomic mass is 16.5. The van der Waals surface area contributed by atoms with Gasteiger partial charge in [0.2, 0.25) is 0 Å². The predicted octanol–water partition coefficient (Wildman–Crippen LogP) is 4.54. The minimum atomic E-state index is -0.366. The number of tetrazole rings is 1. The van der Waals surface area contributed by atoms with Gasteiger partial charge in [-0.25, -0.2) is 4.68 Å². The smallest absolute Gasteiger partial charge is 0.253 e. The van der Waals surface area contributed by atoms with Crippen molar-refractivity contribution in [3.63, 3.8) is 0 Å². The van der Waals surface area contributed by atoms with E-state index in [1.54, 1.807) is 7.11 Å². The van der Waals surface area contributed by atoms with Gasteiger partial charge in [0.1, 0.15) is 11.8 Å². The lowest BCUT2D eigenvalue weighted by molar-refractivity contribution is 0.149. The zero-order chi connectivity index (χ0) is 25.2. The van der Waals surface area contributed by atoms with Gasteiger partial charge in [0.15, 0.2) is 5.82 Å². The van der Waals surface area contributed by atoms with Gasteiger partial charge in [0, 0.05) is 22.5 Å². The van der Waals surface area contributed by atoms with E-state index in [1.165, 1.54) is 19.3 Å². The molecule has 1 unspecified atom stereocenters. The number of ether oxygens (including phenoxy) is 1. The highest BCUT2D eigenvalue weighted by molar-refractivity contribution is 5.83. The van der Waals surface area contributed by atoms with Crippen molar-refractivity contribution in [3.8, 4) is 5.75 Å². The molecule has 0 radical (unpaired) electrons. The zero-order valence-corrected chi connectivity index (χ0v) is 21.5. The number of aromatic amines is 1. The molecule has 1 atom stereocenters. The molecule has 1 saturated carbocycles. The Balaban J connectivity index is 1.61. The molecule has 0 saturated heterocycles. The Bertz CT molecular complexity index is 1400. The van der Waals surface area contributed by atoms with Crippen molar-refractivity contribution in [1.29, 1.82) is 0 Å². The lowest BCUT2D eigenvalue weighted by Gasteiger charge is -2.36. The van der Waals surface area contributed by atoms with Crippen LogP contribution >= 0.6 is 0 Å². The number of hydrogen-bond acceptors (Lipinski definition) is 6. The van der Waals surface area contributed by atoms with E-state index < -0.39 is 0 Å². The average Bonchev–Trinajstić information content (AvgIpc) is 3.33. The minimum absolute atomic E-state index is 0.0980. The molecule has 36 heavy (non-hydrogen) atoms. The second-order valence-electron chi connectivity index (χ2n) is 10.00. The monoisotopic (exact) mass is 486 g/mol. The summed E-state index contributed by atoms with van der Waals surface area (Å²) in [6.45, 7) is 4.64. The molecule has 8 heteroatoms. The first-order valence-corrected chi connectivity index (χ1v) is 12.7. The van der Waals surface area contributed by atoms with Crippen LogP contribution in [0.25, 0.3) is 10.9 Å². The van der Waals surface area contributed by atoms with Gasteiger partial charge in [-0.05, 0) is 85.1 Å². The number of nitrogens with one attached hydrogen (secondary N) is 1. The van der Waals surface area contributed by atoms with Crippen LogP contribution in [0.4, 0.5) is 0 Å². The SMILES string of the molecule is COc1ccc(Cn2nnnc2C(c2cc3c(C)cc(C)cc3[nH]c2=O)N(C)C2CCCCC2)cc1. The quantitative estimate of drug-likeness (QED) is 0.413. The van der Waals surface area contributed by atoms with E-state index in [9.17, 15) is 4.79 Å². The maximum absolute atomic E-state index is 13.5. The second kappa shape index (κ2) is 10.2. The summed E-state index contributed by atoms with van der Waals surface area (Å²) in [6.07, 6.45) is 5.88. The Hall–Kier alpha value is -3.52. The third-order valence-electron chi connectivity index (χ3n) is 7.49. The van der Waals surface area contributed by atoms with Crippen LogP contribution in [-0.4, -0.2) is 50.3 Å². The van der Waals surface area contributed by atoms with Crippen LogP contribution in [0.3, 0.4) is 0 Å². The Morgan fingerprint density at radius 1 is 1.11 bits per heavy atom. The summed E-state index contributed by atoms with van der Waals surface area (Å²) in [7, 11) is 3.77. The zero-order valence-electron chi connectivity index (χ0n) is 21.5. The summed E-state index contributed by atoms with van der Waals surface area (Å²) in [5, 5.41) is 13.9. The molecule has 2 heterocycles. The number of nitrogens with zero attached hydrogens (tertiary/aromatic N) is 5. The number of rotatable bonds is 7. The fraction of sp³-hybridized carbons (Fsp3) is 0.429. The second-order valence-corrected chi connectivity index (χ2v) is 10.00. The first kappa shape index (κ1) is 24.2. The van der Waals surface area contributed by atoms with E-state index in [4.69, 9.17) is 4.74 Å². The van der Waals surface area contributed by atoms with E-state index in [0.717, 1.165) is 46.2 Å². The lowest BCUT2D eigenvalue weighted by atomic mass is 9.92. The van der Waals surface area contributed by atoms with Crippen LogP contribution in [-0.2, 0) is 6.54 Å². The summed E-state index contributed by atoms with van der Waals surface area (Å²) >= 11 is 0. The Morgan fingerprint density at radius 2 is 1.86 bits per heavy atom. The van der Waals surface area contributed by atoms with Gasteiger partial charge in [-0.2, -0.15) is 0 Å². The van der Waals surface area contributed by atoms with Crippen LogP contribution in [0.1, 0.15) is 66.2 Å². The van der Waals surface area contributed by atoms with E-state index in [2.05, 4.69) is 45.4 Å². The minimum Gasteiger partial charge on any atom is -0.497 e. The molecular formula is C28H34N6O2. The number of fused-ring (bicyclic) bond motifs is 1. The number of pyridine rings is 1. The summed E-state index contributed by atoms with van der Waals surface area (Å²) in [5.74, 6) is 1.48. The number of aryl methyl sites for hydroxylation is 2. The van der Waals surface area contributed by atoms with E-state index >= 15 is 0 Å². The van der Waals surface area contributed by atoms with Crippen molar-refractivity contribution < 1.29 is 4.74 Å². The summed E-state index contributed by atoms with van der Waals surface area (Å²) < 4.78 is 7.11. The number of H-pyrrole nitrogens is 1. The van der Waals surface area contributed by atoms with E-state index in [1.807, 2.05) is 48.0 Å². The van der Waals surface area contributed by atoms with Gasteiger partial charge in [-0.15, -0.1) is 5.10 Å². The fourth-order valence-electron chi connectivity index (χ4n) is 5.56. The van der Waals surface area contributed by atoms with Gasteiger partial charge in [-0.3, -0.25) is 9.69 Å². The summed E-state index contributed by atoms with van der Waals surface area (Å²) in [6, 6.07) is 14.1. The third kappa shape index (κ3) is 4.78. The molecule has 1 aliphatic carbocycles. The third-order valence-corrected chi connectivity index (χ3v) is 7.49. The molecule has 0 aliphatic heterocycles. The molecule has 0 amide bonds. The normalized spacial score (nSPS) is 15.5. The van der Waals surface area contributed by atoms with Crippen LogP contribution in [0.15, 0.2) is 47.3 Å². The van der Waals surface area contributed by atoms with Crippen LogP contribution in [0, 0.1) is 13.8 Å². The molecule has 1 fully saturated rings. The first-order valence-electron chi connectivity index (χ1n) is 12.7. The number of aromatic nitrogens is 5. The Morgan fingerprint density at radius 3 is 2.58 bits per heavy atom. The molecule has 1 aliphatic rings. The number of hydrogen-bond donors (Lipinski definition) is 1. The Labute approximate surface area is 211 Å². The summed E-state index contributed by atoms with van der Waals surface area (Å²) in [4.78, 5) is 19.0. The molecule has 8 nitrogen and oxygen atoms in total. The molecule has 4 aromatic rings. The first-order chi connectivity index (χ1) is 17.4. The highest BCUT2D eigenvalue weighted by Gasteiger charge is 2.33. The van der Waals surface area contributed by atoms with Crippen molar-refractivity contribution in [1.82, 2.24) is 30.1 Å². The van der Waals surface area contributed by atoms with E-state index in [-0.39, 0.29) is 11.6 Å². The molecule has 0 bridgehead atoms. The van der Waals surface area contributed by atoms with Crippen molar-refractivity contribution in [2.45, 2.75) is 64.6 Å². The lowest BCUT2D eigenvalue weighted by Crippen LogP contribution is -2.40. The van der Waals surface area contributed by atoms with Crippen molar-refractivity contribution in [3.05, 3.63) is 80.9 Å². The molecule has 5 rings (SSSR count). The molecule has 1 N–H and O–H groups in total. The molecule has 0 spiro atoms. The fourth-order valence-corrected chi connectivity index (χ4v) is 5.56. The van der Waals surface area contributed by atoms with Crippen LogP contribution in [0.5, 0.6) is 5.75 Å².